The van der Waals surface area contributed by atoms with Crippen LogP contribution in [0, 0.1) is 11.8 Å². The zero-order chi connectivity index (χ0) is 14.5. The highest BCUT2D eigenvalue weighted by atomic mass is 35.5. The quantitative estimate of drug-likeness (QED) is 0.764. The van der Waals surface area contributed by atoms with Crippen molar-refractivity contribution in [2.24, 2.45) is 11.8 Å². The van der Waals surface area contributed by atoms with E-state index in [-0.39, 0.29) is 5.92 Å². The fourth-order valence-corrected chi connectivity index (χ4v) is 4.36. The number of thiophene rings is 1. The second-order valence-electron chi connectivity index (χ2n) is 5.99. The van der Waals surface area contributed by atoms with Gasteiger partial charge in [0.1, 0.15) is 5.78 Å². The first-order valence-corrected chi connectivity index (χ1v) is 8.73. The standard InChI is InChI=1S/C16H24ClNOS/c1-3-4-12-5-7-15(19)13(9-12)10-18(2)11-14-6-8-16(17)20-14/h6,8,12-13H,3-5,7,9-11H2,1-2H3. The third-order valence-electron chi connectivity index (χ3n) is 4.16. The van der Waals surface area contributed by atoms with Crippen molar-refractivity contribution in [3.05, 3.63) is 21.3 Å². The topological polar surface area (TPSA) is 20.3 Å². The van der Waals surface area contributed by atoms with Crippen LogP contribution in [0.2, 0.25) is 4.34 Å². The van der Waals surface area contributed by atoms with Crippen molar-refractivity contribution in [1.82, 2.24) is 4.90 Å². The first kappa shape index (κ1) is 16.0. The number of Topliss-reactive ketones (excluding diaryl/α,β-unsaturated/α-hetero) is 1. The van der Waals surface area contributed by atoms with Crippen LogP contribution >= 0.6 is 22.9 Å². The summed E-state index contributed by atoms with van der Waals surface area (Å²) in [5, 5.41) is 0. The molecule has 0 aliphatic heterocycles. The Kier molecular flexibility index (Phi) is 6.06. The third kappa shape index (κ3) is 4.57. The Morgan fingerprint density at radius 1 is 1.45 bits per heavy atom. The molecule has 0 spiro atoms. The first-order valence-electron chi connectivity index (χ1n) is 7.54. The number of ketones is 1. The smallest absolute Gasteiger partial charge is 0.137 e. The van der Waals surface area contributed by atoms with Crippen LogP contribution < -0.4 is 0 Å². The summed E-state index contributed by atoms with van der Waals surface area (Å²) in [6.07, 6.45) is 5.48. The van der Waals surface area contributed by atoms with Crippen LogP contribution in [0.15, 0.2) is 12.1 Å². The molecule has 20 heavy (non-hydrogen) atoms. The fraction of sp³-hybridized carbons (Fsp3) is 0.688. The van der Waals surface area contributed by atoms with Gasteiger partial charge in [0.05, 0.1) is 4.34 Å². The van der Waals surface area contributed by atoms with E-state index in [9.17, 15) is 4.79 Å². The van der Waals surface area contributed by atoms with Crippen molar-refractivity contribution in [3.63, 3.8) is 0 Å². The molecule has 1 aliphatic rings. The van der Waals surface area contributed by atoms with E-state index < -0.39 is 0 Å². The van der Waals surface area contributed by atoms with Crippen molar-refractivity contribution in [2.45, 2.75) is 45.6 Å². The minimum atomic E-state index is 0.237. The van der Waals surface area contributed by atoms with E-state index in [0.29, 0.717) is 5.78 Å². The molecule has 1 aromatic rings. The highest BCUT2D eigenvalue weighted by molar-refractivity contribution is 7.16. The van der Waals surface area contributed by atoms with Gasteiger partial charge in [0, 0.05) is 30.3 Å². The zero-order valence-electron chi connectivity index (χ0n) is 12.4. The number of hydrogen-bond acceptors (Lipinski definition) is 3. The molecule has 1 aromatic heterocycles. The molecule has 2 atom stereocenters. The number of carbonyl (C=O) groups excluding carboxylic acids is 1. The summed E-state index contributed by atoms with van der Waals surface area (Å²) >= 11 is 7.59. The van der Waals surface area contributed by atoms with E-state index in [1.807, 2.05) is 6.07 Å². The molecule has 1 aliphatic carbocycles. The van der Waals surface area contributed by atoms with Gasteiger partial charge in [0.15, 0.2) is 0 Å². The van der Waals surface area contributed by atoms with Gasteiger partial charge in [-0.05, 0) is 37.9 Å². The summed E-state index contributed by atoms with van der Waals surface area (Å²) < 4.78 is 0.838. The Morgan fingerprint density at radius 3 is 2.90 bits per heavy atom. The third-order valence-corrected chi connectivity index (χ3v) is 5.37. The number of carbonyl (C=O) groups is 1. The van der Waals surface area contributed by atoms with Gasteiger partial charge >= 0.3 is 0 Å². The largest absolute Gasteiger partial charge is 0.301 e. The summed E-state index contributed by atoms with van der Waals surface area (Å²) in [7, 11) is 2.10. The van der Waals surface area contributed by atoms with Crippen LogP contribution in [0.25, 0.3) is 0 Å². The normalized spacial score (nSPS) is 23.5. The number of rotatable bonds is 6. The fourth-order valence-electron chi connectivity index (χ4n) is 3.19. The Morgan fingerprint density at radius 2 is 2.25 bits per heavy atom. The van der Waals surface area contributed by atoms with Gasteiger partial charge in [-0.25, -0.2) is 0 Å². The lowest BCUT2D eigenvalue weighted by Gasteiger charge is -2.30. The van der Waals surface area contributed by atoms with Crippen LogP contribution in [0.1, 0.15) is 43.9 Å². The maximum atomic E-state index is 12.1. The molecule has 0 amide bonds. The lowest BCUT2D eigenvalue weighted by molar-refractivity contribution is -0.126. The average molecular weight is 314 g/mol. The number of nitrogens with zero attached hydrogens (tertiary/aromatic N) is 1. The van der Waals surface area contributed by atoms with Crippen LogP contribution in [-0.4, -0.2) is 24.3 Å². The second kappa shape index (κ2) is 7.58. The SMILES string of the molecule is CCCC1CCC(=O)C(CN(C)Cc2ccc(Cl)s2)C1. The molecule has 1 fully saturated rings. The zero-order valence-corrected chi connectivity index (χ0v) is 14.0. The molecule has 0 radical (unpaired) electrons. The molecule has 0 bridgehead atoms. The first-order chi connectivity index (χ1) is 9.58. The highest BCUT2D eigenvalue weighted by Gasteiger charge is 2.28. The summed E-state index contributed by atoms with van der Waals surface area (Å²) in [5.41, 5.74) is 0. The van der Waals surface area contributed by atoms with E-state index in [2.05, 4.69) is 24.9 Å². The maximum absolute atomic E-state index is 12.1. The highest BCUT2D eigenvalue weighted by Crippen LogP contribution is 2.30. The molecule has 2 rings (SSSR count). The minimum absolute atomic E-state index is 0.237. The van der Waals surface area contributed by atoms with Crippen LogP contribution in [-0.2, 0) is 11.3 Å². The van der Waals surface area contributed by atoms with Gasteiger partial charge in [-0.2, -0.15) is 0 Å². The molecule has 1 heterocycles. The van der Waals surface area contributed by atoms with E-state index >= 15 is 0 Å². The Bertz CT molecular complexity index is 445. The van der Waals surface area contributed by atoms with Gasteiger partial charge in [-0.15, -0.1) is 11.3 Å². The minimum Gasteiger partial charge on any atom is -0.301 e. The summed E-state index contributed by atoms with van der Waals surface area (Å²) in [6, 6.07) is 4.02. The lowest BCUT2D eigenvalue weighted by atomic mass is 9.78. The Hall–Kier alpha value is -0.380. The van der Waals surface area contributed by atoms with Gasteiger partial charge in [0.25, 0.3) is 0 Å². The summed E-state index contributed by atoms with van der Waals surface area (Å²) in [4.78, 5) is 15.6. The van der Waals surface area contributed by atoms with Gasteiger partial charge < -0.3 is 4.90 Å². The van der Waals surface area contributed by atoms with E-state index in [0.717, 1.165) is 42.6 Å². The molecular weight excluding hydrogens is 290 g/mol. The molecule has 2 nitrogen and oxygen atoms in total. The summed E-state index contributed by atoms with van der Waals surface area (Å²) in [6.45, 7) is 4.01. The predicted molar refractivity (Wildman–Crippen MR) is 86.4 cm³/mol. The van der Waals surface area contributed by atoms with E-state index in [4.69, 9.17) is 11.6 Å². The Balaban J connectivity index is 1.85. The maximum Gasteiger partial charge on any atom is 0.137 e. The van der Waals surface area contributed by atoms with Gasteiger partial charge in [0.2, 0.25) is 0 Å². The van der Waals surface area contributed by atoms with Crippen molar-refractivity contribution >= 4 is 28.7 Å². The molecular formula is C16H24ClNOS. The van der Waals surface area contributed by atoms with Crippen molar-refractivity contribution in [2.75, 3.05) is 13.6 Å². The predicted octanol–water partition coefficient (Wildman–Crippen LogP) is 4.62. The Labute approximate surface area is 131 Å². The second-order valence-corrected chi connectivity index (χ2v) is 7.79. The molecule has 0 aromatic carbocycles. The van der Waals surface area contributed by atoms with Crippen molar-refractivity contribution in [1.29, 1.82) is 0 Å². The molecule has 0 N–H and O–H groups in total. The van der Waals surface area contributed by atoms with Crippen LogP contribution in [0.5, 0.6) is 0 Å². The molecule has 112 valence electrons. The van der Waals surface area contributed by atoms with Crippen LogP contribution in [0.4, 0.5) is 0 Å². The van der Waals surface area contributed by atoms with Crippen molar-refractivity contribution < 1.29 is 4.79 Å². The van der Waals surface area contributed by atoms with Crippen molar-refractivity contribution in [3.8, 4) is 0 Å². The number of halogens is 1. The average Bonchev–Trinajstić information content (AvgIpc) is 2.79. The molecule has 0 saturated heterocycles. The van der Waals surface area contributed by atoms with E-state index in [1.165, 1.54) is 17.7 Å². The molecule has 1 saturated carbocycles. The lowest BCUT2D eigenvalue weighted by Crippen LogP contribution is -2.34. The van der Waals surface area contributed by atoms with Gasteiger partial charge in [-0.1, -0.05) is 31.4 Å². The van der Waals surface area contributed by atoms with E-state index in [1.54, 1.807) is 11.3 Å². The summed E-state index contributed by atoms with van der Waals surface area (Å²) in [5.74, 6) is 1.46. The van der Waals surface area contributed by atoms with Gasteiger partial charge in [-0.3, -0.25) is 4.79 Å². The monoisotopic (exact) mass is 313 g/mol. The molecule has 4 heteroatoms. The number of hydrogen-bond donors (Lipinski definition) is 0. The van der Waals surface area contributed by atoms with Crippen LogP contribution in [0.3, 0.4) is 0 Å². The molecule has 2 unspecified atom stereocenters.